The summed E-state index contributed by atoms with van der Waals surface area (Å²) in [6.07, 6.45) is 2.66. The van der Waals surface area contributed by atoms with Gasteiger partial charge in [-0.15, -0.1) is 0 Å². The van der Waals surface area contributed by atoms with Crippen LogP contribution < -0.4 is 10.5 Å². The number of hydrogen-bond acceptors (Lipinski definition) is 3. The first-order valence-electron chi connectivity index (χ1n) is 6.57. The smallest absolute Gasteiger partial charge is 0.120 e. The summed E-state index contributed by atoms with van der Waals surface area (Å²) in [6.45, 7) is 6.19. The van der Waals surface area contributed by atoms with E-state index in [9.17, 15) is 0 Å². The second-order valence-electron chi connectivity index (χ2n) is 4.87. The zero-order valence-electron chi connectivity index (χ0n) is 10.9. The number of nitrogens with zero attached hydrogens (tertiary/aromatic N) is 1. The molecule has 0 aliphatic carbocycles. The maximum Gasteiger partial charge on any atom is 0.120 e. The average molecular weight is 313 g/mol. The van der Waals surface area contributed by atoms with Gasteiger partial charge < -0.3 is 10.5 Å². The first kappa shape index (κ1) is 13.8. The summed E-state index contributed by atoms with van der Waals surface area (Å²) >= 11 is 3.54. The molecule has 1 aromatic rings. The van der Waals surface area contributed by atoms with Crippen molar-refractivity contribution in [3.05, 3.63) is 28.2 Å². The van der Waals surface area contributed by atoms with E-state index in [2.05, 4.69) is 20.8 Å². The van der Waals surface area contributed by atoms with Gasteiger partial charge in [0.2, 0.25) is 0 Å². The maximum absolute atomic E-state index is 5.87. The van der Waals surface area contributed by atoms with Crippen LogP contribution in [0.3, 0.4) is 0 Å². The monoisotopic (exact) mass is 312 g/mol. The molecule has 0 bridgehead atoms. The Morgan fingerprint density at radius 2 is 2.11 bits per heavy atom. The molecule has 1 atom stereocenters. The molecule has 3 nitrogen and oxygen atoms in total. The molecule has 2 N–H and O–H groups in total. The molecule has 100 valence electrons. The summed E-state index contributed by atoms with van der Waals surface area (Å²) in [4.78, 5) is 2.45. The van der Waals surface area contributed by atoms with Crippen molar-refractivity contribution in [2.45, 2.75) is 25.8 Å². The van der Waals surface area contributed by atoms with Crippen molar-refractivity contribution in [1.29, 1.82) is 0 Å². The molecule has 0 radical (unpaired) electrons. The minimum atomic E-state index is 0.0398. The third-order valence-corrected chi connectivity index (χ3v) is 4.02. The van der Waals surface area contributed by atoms with Crippen molar-refractivity contribution in [2.75, 3.05) is 26.2 Å². The van der Waals surface area contributed by atoms with Crippen LogP contribution in [0.25, 0.3) is 0 Å². The highest BCUT2D eigenvalue weighted by Gasteiger charge is 2.11. The summed E-state index contributed by atoms with van der Waals surface area (Å²) in [6, 6.07) is 6.06. The molecule has 0 saturated carbocycles. The van der Waals surface area contributed by atoms with E-state index in [0.29, 0.717) is 0 Å². The number of ether oxygens (including phenoxy) is 1. The Morgan fingerprint density at radius 3 is 2.72 bits per heavy atom. The number of halogens is 1. The molecule has 0 unspecified atom stereocenters. The Bertz CT molecular complexity index is 389. The van der Waals surface area contributed by atoms with Gasteiger partial charge in [-0.05, 0) is 50.6 Å². The number of hydrogen-bond donors (Lipinski definition) is 1. The SMILES string of the molecule is C[C@H](N)c1ccc(OCCN2CCCC2)cc1Br. The molecule has 0 spiro atoms. The minimum absolute atomic E-state index is 0.0398. The molecule has 1 fully saturated rings. The molecular weight excluding hydrogens is 292 g/mol. The van der Waals surface area contributed by atoms with Crippen LogP contribution >= 0.6 is 15.9 Å². The lowest BCUT2D eigenvalue weighted by atomic mass is 10.1. The van der Waals surface area contributed by atoms with Gasteiger partial charge in [0.25, 0.3) is 0 Å². The zero-order chi connectivity index (χ0) is 13.0. The Kier molecular flexibility index (Phi) is 5.03. The number of rotatable bonds is 5. The van der Waals surface area contributed by atoms with Crippen LogP contribution in [0.15, 0.2) is 22.7 Å². The van der Waals surface area contributed by atoms with Gasteiger partial charge in [-0.1, -0.05) is 22.0 Å². The van der Waals surface area contributed by atoms with Crippen LogP contribution in [0.4, 0.5) is 0 Å². The topological polar surface area (TPSA) is 38.5 Å². The first-order chi connectivity index (χ1) is 8.66. The minimum Gasteiger partial charge on any atom is -0.492 e. The third kappa shape index (κ3) is 3.70. The van der Waals surface area contributed by atoms with Crippen LogP contribution in [0.1, 0.15) is 31.4 Å². The van der Waals surface area contributed by atoms with Crippen molar-refractivity contribution < 1.29 is 4.74 Å². The van der Waals surface area contributed by atoms with Gasteiger partial charge in [-0.2, -0.15) is 0 Å². The highest BCUT2D eigenvalue weighted by atomic mass is 79.9. The molecule has 0 amide bonds. The van der Waals surface area contributed by atoms with E-state index in [-0.39, 0.29) is 6.04 Å². The van der Waals surface area contributed by atoms with Crippen molar-refractivity contribution in [3.8, 4) is 5.75 Å². The summed E-state index contributed by atoms with van der Waals surface area (Å²) in [5.41, 5.74) is 6.98. The lowest BCUT2D eigenvalue weighted by Crippen LogP contribution is -2.25. The van der Waals surface area contributed by atoms with E-state index in [1.54, 1.807) is 0 Å². The molecule has 1 aliphatic rings. The molecule has 1 heterocycles. The van der Waals surface area contributed by atoms with Crippen molar-refractivity contribution >= 4 is 15.9 Å². The van der Waals surface area contributed by atoms with Crippen molar-refractivity contribution in [2.24, 2.45) is 5.73 Å². The predicted molar refractivity (Wildman–Crippen MR) is 77.9 cm³/mol. The maximum atomic E-state index is 5.87. The standard InChI is InChI=1S/C14H21BrN2O/c1-11(16)13-5-4-12(10-14(13)15)18-9-8-17-6-2-3-7-17/h4-5,10-11H,2-3,6-9,16H2,1H3/t11-/m0/s1. The fraction of sp³-hybridized carbons (Fsp3) is 0.571. The molecule has 4 heteroatoms. The molecule has 1 aliphatic heterocycles. The van der Waals surface area contributed by atoms with Gasteiger partial charge in [0.05, 0.1) is 0 Å². The van der Waals surface area contributed by atoms with Gasteiger partial charge >= 0.3 is 0 Å². The van der Waals surface area contributed by atoms with Gasteiger partial charge in [0.15, 0.2) is 0 Å². The fourth-order valence-corrected chi connectivity index (χ4v) is 2.98. The van der Waals surface area contributed by atoms with Crippen molar-refractivity contribution in [3.63, 3.8) is 0 Å². The van der Waals surface area contributed by atoms with E-state index >= 15 is 0 Å². The lowest BCUT2D eigenvalue weighted by Gasteiger charge is -2.16. The summed E-state index contributed by atoms with van der Waals surface area (Å²) in [5.74, 6) is 0.908. The van der Waals surface area contributed by atoms with Crippen LogP contribution in [0.5, 0.6) is 5.75 Å². The molecule has 0 aromatic heterocycles. The Balaban J connectivity index is 1.84. The molecule has 1 aromatic carbocycles. The molecule has 2 rings (SSSR count). The first-order valence-corrected chi connectivity index (χ1v) is 7.36. The summed E-state index contributed by atoms with van der Waals surface area (Å²) in [7, 11) is 0. The second-order valence-corrected chi connectivity index (χ2v) is 5.72. The van der Waals surface area contributed by atoms with Crippen LogP contribution in [0, 0.1) is 0 Å². The number of nitrogens with two attached hydrogens (primary N) is 1. The fourth-order valence-electron chi connectivity index (χ4n) is 2.27. The van der Waals surface area contributed by atoms with Gasteiger partial charge in [-0.25, -0.2) is 0 Å². The van der Waals surface area contributed by atoms with Crippen LogP contribution in [-0.4, -0.2) is 31.1 Å². The Morgan fingerprint density at radius 1 is 1.39 bits per heavy atom. The molecular formula is C14H21BrN2O. The van der Waals surface area contributed by atoms with E-state index in [1.807, 2.05) is 25.1 Å². The number of benzene rings is 1. The summed E-state index contributed by atoms with van der Waals surface area (Å²) < 4.78 is 6.80. The van der Waals surface area contributed by atoms with E-state index in [0.717, 1.165) is 28.9 Å². The normalized spacial score (nSPS) is 17.9. The van der Waals surface area contributed by atoms with Gasteiger partial charge in [-0.3, -0.25) is 4.90 Å². The molecule has 18 heavy (non-hydrogen) atoms. The van der Waals surface area contributed by atoms with Gasteiger partial charge in [0, 0.05) is 17.1 Å². The van der Waals surface area contributed by atoms with Crippen LogP contribution in [0.2, 0.25) is 0 Å². The Labute approximate surface area is 117 Å². The van der Waals surface area contributed by atoms with E-state index in [1.165, 1.54) is 25.9 Å². The van der Waals surface area contributed by atoms with Crippen LogP contribution in [-0.2, 0) is 0 Å². The highest BCUT2D eigenvalue weighted by Crippen LogP contribution is 2.26. The zero-order valence-corrected chi connectivity index (χ0v) is 12.4. The average Bonchev–Trinajstić information content (AvgIpc) is 2.81. The largest absolute Gasteiger partial charge is 0.492 e. The van der Waals surface area contributed by atoms with Gasteiger partial charge in [0.1, 0.15) is 12.4 Å². The quantitative estimate of drug-likeness (QED) is 0.908. The number of likely N-dealkylation sites (tertiary alicyclic amines) is 1. The third-order valence-electron chi connectivity index (χ3n) is 3.34. The summed E-state index contributed by atoms with van der Waals surface area (Å²) in [5, 5.41) is 0. The van der Waals surface area contributed by atoms with E-state index in [4.69, 9.17) is 10.5 Å². The van der Waals surface area contributed by atoms with Crippen molar-refractivity contribution in [1.82, 2.24) is 4.90 Å². The highest BCUT2D eigenvalue weighted by molar-refractivity contribution is 9.10. The lowest BCUT2D eigenvalue weighted by molar-refractivity contribution is 0.237. The Hall–Kier alpha value is -0.580. The molecule has 1 saturated heterocycles. The second kappa shape index (κ2) is 6.55. The van der Waals surface area contributed by atoms with E-state index < -0.39 is 0 Å². The predicted octanol–water partition coefficient (Wildman–Crippen LogP) is 2.94.